The van der Waals surface area contributed by atoms with Crippen molar-refractivity contribution < 1.29 is 9.53 Å². The van der Waals surface area contributed by atoms with Crippen molar-refractivity contribution in [1.29, 1.82) is 0 Å². The number of carbonyl (C=O) groups excluding carboxylic acids is 1. The van der Waals surface area contributed by atoms with Gasteiger partial charge in [0.05, 0.1) is 11.4 Å². The molecular formula is C28H20N2O2. The lowest BCUT2D eigenvalue weighted by molar-refractivity contribution is -0.117. The van der Waals surface area contributed by atoms with Crippen LogP contribution in [0.3, 0.4) is 0 Å². The Labute approximate surface area is 185 Å². The van der Waals surface area contributed by atoms with Gasteiger partial charge in [0.25, 0.3) is 0 Å². The minimum Gasteiger partial charge on any atom is -0.452 e. The van der Waals surface area contributed by atoms with Crippen molar-refractivity contribution in [2.75, 3.05) is 0 Å². The van der Waals surface area contributed by atoms with Crippen LogP contribution in [0.1, 0.15) is 18.2 Å². The Kier molecular flexibility index (Phi) is 4.12. The lowest BCUT2D eigenvalue weighted by Crippen LogP contribution is -2.21. The quantitative estimate of drug-likeness (QED) is 0.376. The predicted molar refractivity (Wildman–Crippen MR) is 128 cm³/mol. The van der Waals surface area contributed by atoms with Crippen LogP contribution < -0.4 is 10.1 Å². The maximum atomic E-state index is 12.3. The molecule has 1 N–H and O–H groups in total. The lowest BCUT2D eigenvalue weighted by atomic mass is 10.0. The second kappa shape index (κ2) is 7.13. The van der Waals surface area contributed by atoms with E-state index in [1.807, 2.05) is 54.7 Å². The number of hydrogen-bond acceptors (Lipinski definition) is 2. The first-order chi connectivity index (χ1) is 15.7. The smallest absolute Gasteiger partial charge is 0.221 e. The van der Waals surface area contributed by atoms with Crippen molar-refractivity contribution in [3.8, 4) is 11.4 Å². The molecule has 1 aliphatic heterocycles. The van der Waals surface area contributed by atoms with E-state index in [0.717, 1.165) is 44.2 Å². The molecule has 0 radical (unpaired) electrons. The van der Waals surface area contributed by atoms with E-state index in [9.17, 15) is 4.79 Å². The summed E-state index contributed by atoms with van der Waals surface area (Å²) in [4.78, 5) is 12.3. The molecule has 2 heterocycles. The van der Waals surface area contributed by atoms with Crippen molar-refractivity contribution >= 4 is 38.9 Å². The number of nitrogens with zero attached hydrogens (tertiary/aromatic N) is 1. The van der Waals surface area contributed by atoms with Crippen LogP contribution in [0.25, 0.3) is 38.7 Å². The average molecular weight is 416 g/mol. The average Bonchev–Trinajstić information content (AvgIpc) is 3.26. The third-order valence-electron chi connectivity index (χ3n) is 5.87. The standard InChI is InChI=1S/C28H20N2O2/c1-18(31)29-27-24-14-7-15-30(24)25-16-20-9-2-3-10-21(20)17-26(25)32-28(27)23-13-6-11-19-8-4-5-12-22(19)23/h2-17H,1H3,(H,29,31). The molecule has 0 atom stereocenters. The van der Waals surface area contributed by atoms with Crippen molar-refractivity contribution in [2.24, 2.45) is 0 Å². The van der Waals surface area contributed by atoms with Gasteiger partial charge in [0, 0.05) is 18.7 Å². The third kappa shape index (κ3) is 2.88. The molecule has 1 amide bonds. The number of hydrogen-bond donors (Lipinski definition) is 1. The molecule has 0 saturated carbocycles. The maximum Gasteiger partial charge on any atom is 0.221 e. The summed E-state index contributed by atoms with van der Waals surface area (Å²) in [6.45, 7) is 1.52. The monoisotopic (exact) mass is 416 g/mol. The second-order valence-electron chi connectivity index (χ2n) is 7.94. The number of carbonyl (C=O) groups is 1. The van der Waals surface area contributed by atoms with Gasteiger partial charge in [-0.1, -0.05) is 66.7 Å². The van der Waals surface area contributed by atoms with Gasteiger partial charge < -0.3 is 14.6 Å². The van der Waals surface area contributed by atoms with E-state index in [1.165, 1.54) is 6.92 Å². The number of benzene rings is 4. The van der Waals surface area contributed by atoms with E-state index in [2.05, 4.69) is 52.3 Å². The summed E-state index contributed by atoms with van der Waals surface area (Å²) in [5.74, 6) is 1.22. The van der Waals surface area contributed by atoms with E-state index in [4.69, 9.17) is 4.74 Å². The molecule has 154 valence electrons. The fourth-order valence-electron chi connectivity index (χ4n) is 4.46. The largest absolute Gasteiger partial charge is 0.452 e. The van der Waals surface area contributed by atoms with E-state index >= 15 is 0 Å². The molecule has 32 heavy (non-hydrogen) atoms. The Morgan fingerprint density at radius 3 is 2.34 bits per heavy atom. The van der Waals surface area contributed by atoms with Gasteiger partial charge in [-0.25, -0.2) is 0 Å². The first kappa shape index (κ1) is 18.5. The highest BCUT2D eigenvalue weighted by Crippen LogP contribution is 2.40. The summed E-state index contributed by atoms with van der Waals surface area (Å²) >= 11 is 0. The van der Waals surface area contributed by atoms with E-state index in [-0.39, 0.29) is 5.91 Å². The number of amides is 1. The minimum absolute atomic E-state index is 0.148. The zero-order valence-electron chi connectivity index (χ0n) is 17.5. The predicted octanol–water partition coefficient (Wildman–Crippen LogP) is 6.14. The van der Waals surface area contributed by atoms with Crippen LogP contribution >= 0.6 is 0 Å². The van der Waals surface area contributed by atoms with Crippen molar-refractivity contribution in [2.45, 2.75) is 6.92 Å². The summed E-state index contributed by atoms with van der Waals surface area (Å²) in [5.41, 5.74) is 3.39. The second-order valence-corrected chi connectivity index (χ2v) is 7.94. The highest BCUT2D eigenvalue weighted by molar-refractivity contribution is 6.03. The van der Waals surface area contributed by atoms with Crippen molar-refractivity contribution in [1.82, 2.24) is 9.88 Å². The number of aromatic nitrogens is 1. The molecule has 1 aromatic heterocycles. The molecular weight excluding hydrogens is 396 g/mol. The molecule has 4 heteroatoms. The van der Waals surface area contributed by atoms with Crippen LogP contribution in [-0.4, -0.2) is 10.5 Å². The number of rotatable bonds is 2. The highest BCUT2D eigenvalue weighted by Gasteiger charge is 2.26. The molecule has 0 aliphatic carbocycles. The van der Waals surface area contributed by atoms with E-state index in [1.54, 1.807) is 0 Å². The van der Waals surface area contributed by atoms with Gasteiger partial charge in [0.2, 0.25) is 5.91 Å². The highest BCUT2D eigenvalue weighted by atomic mass is 16.5. The molecule has 0 bridgehead atoms. The van der Waals surface area contributed by atoms with Crippen LogP contribution in [0.15, 0.2) is 97.2 Å². The zero-order valence-corrected chi connectivity index (χ0v) is 17.5. The molecule has 6 rings (SSSR count). The molecule has 5 aromatic rings. The van der Waals surface area contributed by atoms with Crippen LogP contribution in [0.4, 0.5) is 0 Å². The molecule has 0 saturated heterocycles. The molecule has 0 fully saturated rings. The Hall–Kier alpha value is -4.31. The molecule has 4 aromatic carbocycles. The Balaban J connectivity index is 1.70. The maximum absolute atomic E-state index is 12.3. The van der Waals surface area contributed by atoms with Gasteiger partial charge in [-0.3, -0.25) is 4.79 Å². The summed E-state index contributed by atoms with van der Waals surface area (Å²) in [6, 6.07) is 30.8. The SMILES string of the molecule is CC(=O)NC1=C(c2cccc3ccccc23)Oc2cc3ccccc3cc2-n2cccc21. The van der Waals surface area contributed by atoms with E-state index < -0.39 is 0 Å². The fraction of sp³-hybridized carbons (Fsp3) is 0.0357. The zero-order chi connectivity index (χ0) is 21.7. The molecule has 0 spiro atoms. The van der Waals surface area contributed by atoms with Crippen LogP contribution in [0, 0.1) is 0 Å². The van der Waals surface area contributed by atoms with Gasteiger partial charge in [-0.2, -0.15) is 0 Å². The van der Waals surface area contributed by atoms with Gasteiger partial charge in [0.15, 0.2) is 11.5 Å². The fourth-order valence-corrected chi connectivity index (χ4v) is 4.46. The number of ether oxygens (including phenoxy) is 1. The Morgan fingerprint density at radius 1 is 0.812 bits per heavy atom. The lowest BCUT2D eigenvalue weighted by Gasteiger charge is -2.16. The summed E-state index contributed by atoms with van der Waals surface area (Å²) in [6.07, 6.45) is 2.00. The van der Waals surface area contributed by atoms with Crippen LogP contribution in [0.5, 0.6) is 5.75 Å². The minimum atomic E-state index is -0.148. The van der Waals surface area contributed by atoms with Gasteiger partial charge in [-0.05, 0) is 45.8 Å². The third-order valence-corrected chi connectivity index (χ3v) is 5.87. The van der Waals surface area contributed by atoms with Gasteiger partial charge in [0.1, 0.15) is 5.70 Å². The van der Waals surface area contributed by atoms with Crippen molar-refractivity contribution in [3.63, 3.8) is 0 Å². The molecule has 4 nitrogen and oxygen atoms in total. The number of fused-ring (bicyclic) bond motifs is 5. The molecule has 1 aliphatic rings. The topological polar surface area (TPSA) is 43.3 Å². The van der Waals surface area contributed by atoms with E-state index in [0.29, 0.717) is 11.5 Å². The summed E-state index contributed by atoms with van der Waals surface area (Å²) < 4.78 is 8.73. The Morgan fingerprint density at radius 2 is 1.53 bits per heavy atom. The summed E-state index contributed by atoms with van der Waals surface area (Å²) in [7, 11) is 0. The van der Waals surface area contributed by atoms with Crippen LogP contribution in [-0.2, 0) is 4.79 Å². The first-order valence-corrected chi connectivity index (χ1v) is 10.6. The van der Waals surface area contributed by atoms with Crippen molar-refractivity contribution in [3.05, 3.63) is 108 Å². The van der Waals surface area contributed by atoms with Crippen LogP contribution in [0.2, 0.25) is 0 Å². The van der Waals surface area contributed by atoms with Gasteiger partial charge >= 0.3 is 0 Å². The first-order valence-electron chi connectivity index (χ1n) is 10.6. The summed E-state index contributed by atoms with van der Waals surface area (Å²) in [5, 5.41) is 7.45. The van der Waals surface area contributed by atoms with Gasteiger partial charge in [-0.15, -0.1) is 0 Å². The Bertz CT molecular complexity index is 1550. The normalized spacial score (nSPS) is 12.8. The molecule has 0 unspecified atom stereocenters. The number of nitrogens with one attached hydrogen (secondary N) is 1.